The standard InChI is InChI=1S/C12H17NO/c1-10(12-7-8-12)13-14-9-11-5-3-2-4-6-11/h2-6,10,12-13H,7-9H2,1H3. The van der Waals surface area contributed by atoms with Crippen LogP contribution in [0.15, 0.2) is 30.3 Å². The van der Waals surface area contributed by atoms with Crippen molar-refractivity contribution in [2.75, 3.05) is 0 Å². The van der Waals surface area contributed by atoms with Gasteiger partial charge in [-0.2, -0.15) is 5.48 Å². The van der Waals surface area contributed by atoms with Gasteiger partial charge in [0, 0.05) is 6.04 Å². The van der Waals surface area contributed by atoms with Gasteiger partial charge in [-0.3, -0.25) is 4.84 Å². The first-order valence-electron chi connectivity index (χ1n) is 5.27. The van der Waals surface area contributed by atoms with E-state index < -0.39 is 0 Å². The van der Waals surface area contributed by atoms with E-state index in [9.17, 15) is 0 Å². The molecule has 1 aromatic carbocycles. The van der Waals surface area contributed by atoms with Gasteiger partial charge in [-0.25, -0.2) is 0 Å². The smallest absolute Gasteiger partial charge is 0.0933 e. The average molecular weight is 191 g/mol. The highest BCUT2D eigenvalue weighted by atomic mass is 16.6. The lowest BCUT2D eigenvalue weighted by molar-refractivity contribution is 0.00284. The summed E-state index contributed by atoms with van der Waals surface area (Å²) in [5.41, 5.74) is 4.30. The van der Waals surface area contributed by atoms with E-state index in [1.807, 2.05) is 18.2 Å². The predicted octanol–water partition coefficient (Wildman–Crippen LogP) is 2.51. The maximum Gasteiger partial charge on any atom is 0.0933 e. The fourth-order valence-electron chi connectivity index (χ4n) is 1.52. The van der Waals surface area contributed by atoms with Crippen LogP contribution in [0.25, 0.3) is 0 Å². The second kappa shape index (κ2) is 4.58. The maximum atomic E-state index is 5.43. The molecule has 1 saturated carbocycles. The molecule has 0 heterocycles. The van der Waals surface area contributed by atoms with Crippen LogP contribution in [0, 0.1) is 5.92 Å². The van der Waals surface area contributed by atoms with Crippen molar-refractivity contribution in [3.63, 3.8) is 0 Å². The third kappa shape index (κ3) is 2.82. The number of rotatable bonds is 5. The normalized spacial score (nSPS) is 18.1. The minimum Gasteiger partial charge on any atom is -0.297 e. The highest BCUT2D eigenvalue weighted by Gasteiger charge is 2.27. The number of nitrogens with one attached hydrogen (secondary N) is 1. The molecular formula is C12H17NO. The fraction of sp³-hybridized carbons (Fsp3) is 0.500. The lowest BCUT2D eigenvalue weighted by Gasteiger charge is -2.12. The number of hydroxylamine groups is 1. The van der Waals surface area contributed by atoms with Gasteiger partial charge < -0.3 is 0 Å². The van der Waals surface area contributed by atoms with Crippen molar-refractivity contribution in [2.45, 2.75) is 32.4 Å². The number of benzene rings is 1. The molecule has 1 unspecified atom stereocenters. The highest BCUT2D eigenvalue weighted by Crippen LogP contribution is 2.32. The predicted molar refractivity (Wildman–Crippen MR) is 56.6 cm³/mol. The molecule has 1 aliphatic rings. The van der Waals surface area contributed by atoms with Crippen molar-refractivity contribution < 1.29 is 4.84 Å². The molecular weight excluding hydrogens is 174 g/mol. The van der Waals surface area contributed by atoms with Crippen molar-refractivity contribution in [1.29, 1.82) is 0 Å². The van der Waals surface area contributed by atoms with Crippen LogP contribution in [-0.4, -0.2) is 6.04 Å². The van der Waals surface area contributed by atoms with E-state index in [1.165, 1.54) is 18.4 Å². The Morgan fingerprint density at radius 2 is 2.07 bits per heavy atom. The van der Waals surface area contributed by atoms with Crippen LogP contribution in [0.4, 0.5) is 0 Å². The molecule has 14 heavy (non-hydrogen) atoms. The quantitative estimate of drug-likeness (QED) is 0.722. The second-order valence-electron chi connectivity index (χ2n) is 4.02. The van der Waals surface area contributed by atoms with Gasteiger partial charge in [-0.1, -0.05) is 30.3 Å². The van der Waals surface area contributed by atoms with Gasteiger partial charge >= 0.3 is 0 Å². The van der Waals surface area contributed by atoms with E-state index in [4.69, 9.17) is 4.84 Å². The van der Waals surface area contributed by atoms with E-state index in [-0.39, 0.29) is 0 Å². The van der Waals surface area contributed by atoms with Crippen LogP contribution in [0.5, 0.6) is 0 Å². The van der Waals surface area contributed by atoms with E-state index in [1.54, 1.807) is 0 Å². The summed E-state index contributed by atoms with van der Waals surface area (Å²) in [7, 11) is 0. The SMILES string of the molecule is CC(NOCc1ccccc1)C1CC1. The van der Waals surface area contributed by atoms with Crippen LogP contribution < -0.4 is 5.48 Å². The third-order valence-corrected chi connectivity index (χ3v) is 2.68. The van der Waals surface area contributed by atoms with Crippen LogP contribution >= 0.6 is 0 Å². The van der Waals surface area contributed by atoms with Crippen molar-refractivity contribution in [1.82, 2.24) is 5.48 Å². The summed E-state index contributed by atoms with van der Waals surface area (Å²) in [6.45, 7) is 2.83. The molecule has 0 aromatic heterocycles. The molecule has 1 aromatic rings. The van der Waals surface area contributed by atoms with E-state index >= 15 is 0 Å². The molecule has 2 rings (SSSR count). The largest absolute Gasteiger partial charge is 0.297 e. The van der Waals surface area contributed by atoms with E-state index in [2.05, 4.69) is 24.5 Å². The molecule has 1 N–H and O–H groups in total. The van der Waals surface area contributed by atoms with Gasteiger partial charge in [0.15, 0.2) is 0 Å². The average Bonchev–Trinajstić information content (AvgIpc) is 3.02. The zero-order chi connectivity index (χ0) is 9.80. The van der Waals surface area contributed by atoms with E-state index in [0.29, 0.717) is 12.6 Å². The minimum atomic E-state index is 0.499. The summed E-state index contributed by atoms with van der Waals surface area (Å²) in [6, 6.07) is 10.7. The Morgan fingerprint density at radius 1 is 1.36 bits per heavy atom. The Morgan fingerprint density at radius 3 is 2.71 bits per heavy atom. The Kier molecular flexibility index (Phi) is 3.17. The Balaban J connectivity index is 1.67. The van der Waals surface area contributed by atoms with Gasteiger partial charge in [-0.15, -0.1) is 0 Å². The van der Waals surface area contributed by atoms with Crippen molar-refractivity contribution in [3.05, 3.63) is 35.9 Å². The van der Waals surface area contributed by atoms with Crippen LogP contribution in [0.2, 0.25) is 0 Å². The van der Waals surface area contributed by atoms with E-state index in [0.717, 1.165) is 5.92 Å². The molecule has 1 aliphatic carbocycles. The molecule has 0 aliphatic heterocycles. The monoisotopic (exact) mass is 191 g/mol. The molecule has 0 bridgehead atoms. The summed E-state index contributed by atoms with van der Waals surface area (Å²) in [4.78, 5) is 5.43. The van der Waals surface area contributed by atoms with Crippen LogP contribution in [0.3, 0.4) is 0 Å². The first-order valence-corrected chi connectivity index (χ1v) is 5.27. The first kappa shape index (κ1) is 9.69. The minimum absolute atomic E-state index is 0.499. The first-order chi connectivity index (χ1) is 6.86. The van der Waals surface area contributed by atoms with Crippen LogP contribution in [0.1, 0.15) is 25.3 Å². The van der Waals surface area contributed by atoms with Crippen LogP contribution in [-0.2, 0) is 11.4 Å². The summed E-state index contributed by atoms with van der Waals surface area (Å²) >= 11 is 0. The Bertz CT molecular complexity index is 269. The van der Waals surface area contributed by atoms with Crippen molar-refractivity contribution in [3.8, 4) is 0 Å². The fourth-order valence-corrected chi connectivity index (χ4v) is 1.52. The molecule has 0 spiro atoms. The van der Waals surface area contributed by atoms with Crippen molar-refractivity contribution in [2.24, 2.45) is 5.92 Å². The van der Waals surface area contributed by atoms with Gasteiger partial charge in [0.25, 0.3) is 0 Å². The Hall–Kier alpha value is -0.860. The summed E-state index contributed by atoms with van der Waals surface area (Å²) in [5.74, 6) is 0.839. The summed E-state index contributed by atoms with van der Waals surface area (Å²) < 4.78 is 0. The lowest BCUT2D eigenvalue weighted by atomic mass is 10.2. The molecule has 2 nitrogen and oxygen atoms in total. The van der Waals surface area contributed by atoms with Gasteiger partial charge in [0.05, 0.1) is 6.61 Å². The molecule has 1 atom stereocenters. The highest BCUT2D eigenvalue weighted by molar-refractivity contribution is 5.13. The number of hydrogen-bond donors (Lipinski definition) is 1. The summed E-state index contributed by atoms with van der Waals surface area (Å²) in [6.07, 6.45) is 2.70. The molecule has 76 valence electrons. The Labute approximate surface area is 85.2 Å². The van der Waals surface area contributed by atoms with Gasteiger partial charge in [0.2, 0.25) is 0 Å². The molecule has 1 fully saturated rings. The molecule has 2 heteroatoms. The molecule has 0 radical (unpaired) electrons. The maximum absolute atomic E-state index is 5.43. The third-order valence-electron chi connectivity index (χ3n) is 2.68. The molecule has 0 saturated heterocycles. The second-order valence-corrected chi connectivity index (χ2v) is 4.02. The number of hydrogen-bond acceptors (Lipinski definition) is 2. The van der Waals surface area contributed by atoms with Gasteiger partial charge in [0.1, 0.15) is 0 Å². The van der Waals surface area contributed by atoms with Crippen molar-refractivity contribution >= 4 is 0 Å². The zero-order valence-corrected chi connectivity index (χ0v) is 8.57. The topological polar surface area (TPSA) is 21.3 Å². The molecule has 0 amide bonds. The lowest BCUT2D eigenvalue weighted by Crippen LogP contribution is -2.27. The zero-order valence-electron chi connectivity index (χ0n) is 8.57. The summed E-state index contributed by atoms with van der Waals surface area (Å²) in [5, 5.41) is 0. The van der Waals surface area contributed by atoms with Gasteiger partial charge in [-0.05, 0) is 31.2 Å².